The van der Waals surface area contributed by atoms with E-state index < -0.39 is 0 Å². The van der Waals surface area contributed by atoms with Crippen LogP contribution in [-0.4, -0.2) is 0 Å². The van der Waals surface area contributed by atoms with Gasteiger partial charge in [0.25, 0.3) is 0 Å². The summed E-state index contributed by atoms with van der Waals surface area (Å²) < 4.78 is 13.8. The van der Waals surface area contributed by atoms with Crippen LogP contribution in [0.15, 0.2) is 30.9 Å². The molecule has 0 amide bonds. The quantitative estimate of drug-likeness (QED) is 0.573. The Morgan fingerprint density at radius 2 is 2.00 bits per heavy atom. The van der Waals surface area contributed by atoms with Crippen LogP contribution in [0.5, 0.6) is 0 Å². The molecule has 0 saturated heterocycles. The first-order valence-corrected chi connectivity index (χ1v) is 6.56. The van der Waals surface area contributed by atoms with Gasteiger partial charge in [-0.1, -0.05) is 12.1 Å². The summed E-state index contributed by atoms with van der Waals surface area (Å²) in [5, 5.41) is 8.37. The minimum Gasteiger partial charge on any atom is -0.206 e. The molecule has 1 aromatic carbocycles. The third kappa shape index (κ3) is 3.24. The van der Waals surface area contributed by atoms with E-state index >= 15 is 0 Å². The predicted molar refractivity (Wildman–Crippen MR) is 73.8 cm³/mol. The second-order valence-electron chi connectivity index (χ2n) is 4.95. The van der Waals surface area contributed by atoms with Gasteiger partial charge in [0.05, 0.1) is 5.56 Å². The Labute approximate surface area is 113 Å². The van der Waals surface area contributed by atoms with Gasteiger partial charge in [-0.2, -0.15) is 5.26 Å². The van der Waals surface area contributed by atoms with Gasteiger partial charge in [0.15, 0.2) is 6.07 Å². The number of nitriles is 1. The number of halogens is 1. The second-order valence-corrected chi connectivity index (χ2v) is 4.95. The van der Waals surface area contributed by atoms with E-state index in [1.54, 1.807) is 18.2 Å². The molecule has 0 aliphatic heterocycles. The lowest BCUT2D eigenvalue weighted by molar-refractivity contribution is 0.375. The average molecular weight is 253 g/mol. The summed E-state index contributed by atoms with van der Waals surface area (Å²) in [6.07, 6.45) is 6.45. The van der Waals surface area contributed by atoms with Crippen LogP contribution in [-0.2, 0) is 0 Å². The van der Waals surface area contributed by atoms with Crippen molar-refractivity contribution in [1.29, 1.82) is 5.26 Å². The molecule has 1 aliphatic carbocycles. The van der Waals surface area contributed by atoms with Crippen LogP contribution in [0.1, 0.15) is 42.7 Å². The fourth-order valence-corrected chi connectivity index (χ4v) is 2.67. The van der Waals surface area contributed by atoms with E-state index in [2.05, 4.69) is 18.4 Å². The van der Waals surface area contributed by atoms with Gasteiger partial charge in [-0.25, -0.2) is 4.39 Å². The summed E-state index contributed by atoms with van der Waals surface area (Å²) in [5.74, 6) is 5.45. The predicted octanol–water partition coefficient (Wildman–Crippen LogP) is 4.16. The van der Waals surface area contributed by atoms with Gasteiger partial charge in [-0.05, 0) is 61.1 Å². The zero-order valence-corrected chi connectivity index (χ0v) is 10.8. The van der Waals surface area contributed by atoms with Crippen molar-refractivity contribution in [1.82, 2.24) is 0 Å². The molecule has 0 heterocycles. The number of benzene rings is 1. The van der Waals surface area contributed by atoms with Gasteiger partial charge in [-0.15, -0.1) is 6.58 Å². The molecule has 0 unspecified atom stereocenters. The molecule has 19 heavy (non-hydrogen) atoms. The van der Waals surface area contributed by atoms with E-state index in [-0.39, 0.29) is 5.82 Å². The molecule has 1 aromatic rings. The van der Waals surface area contributed by atoms with Gasteiger partial charge in [-0.3, -0.25) is 0 Å². The van der Waals surface area contributed by atoms with Crippen LogP contribution in [0.3, 0.4) is 0 Å². The Morgan fingerprint density at radius 1 is 1.26 bits per heavy atom. The van der Waals surface area contributed by atoms with Gasteiger partial charge in [0.1, 0.15) is 5.82 Å². The van der Waals surface area contributed by atoms with Gasteiger partial charge in [0.2, 0.25) is 0 Å². The molecule has 1 saturated carbocycles. The van der Waals surface area contributed by atoms with E-state index in [1.807, 2.05) is 12.1 Å². The van der Waals surface area contributed by atoms with E-state index in [1.165, 1.54) is 0 Å². The Hall–Kier alpha value is -2.06. The molecule has 2 rings (SSSR count). The van der Waals surface area contributed by atoms with Crippen LogP contribution in [0.2, 0.25) is 0 Å². The van der Waals surface area contributed by atoms with Crippen molar-refractivity contribution >= 4 is 0 Å². The molecule has 1 nitrogen and oxygen atoms in total. The topological polar surface area (TPSA) is 23.8 Å². The number of rotatable bonds is 2. The maximum absolute atomic E-state index is 13.8. The normalized spacial score (nSPS) is 21.9. The van der Waals surface area contributed by atoms with E-state index in [0.29, 0.717) is 17.4 Å². The highest BCUT2D eigenvalue weighted by Crippen LogP contribution is 2.36. The van der Waals surface area contributed by atoms with Crippen molar-refractivity contribution in [2.45, 2.75) is 31.6 Å². The molecular formula is C17H16FN. The summed E-state index contributed by atoms with van der Waals surface area (Å²) in [7, 11) is 0. The smallest absolute Gasteiger partial charge is 0.152 e. The monoisotopic (exact) mass is 253 g/mol. The zero-order valence-electron chi connectivity index (χ0n) is 10.8. The number of allylic oxidation sites excluding steroid dienone is 1. The summed E-state index contributed by atoms with van der Waals surface area (Å²) in [5.41, 5.74) is 1.34. The Bertz CT molecular complexity index is 563. The maximum Gasteiger partial charge on any atom is 0.152 e. The van der Waals surface area contributed by atoms with Crippen molar-refractivity contribution in [2.24, 2.45) is 5.92 Å². The summed E-state index contributed by atoms with van der Waals surface area (Å²) in [6, 6.07) is 6.87. The van der Waals surface area contributed by atoms with Crippen LogP contribution >= 0.6 is 0 Å². The maximum atomic E-state index is 13.8. The largest absolute Gasteiger partial charge is 0.206 e. The van der Waals surface area contributed by atoms with Crippen molar-refractivity contribution < 1.29 is 4.39 Å². The van der Waals surface area contributed by atoms with Gasteiger partial charge < -0.3 is 0 Å². The van der Waals surface area contributed by atoms with E-state index in [0.717, 1.165) is 31.2 Å². The van der Waals surface area contributed by atoms with Crippen molar-refractivity contribution in [3.63, 3.8) is 0 Å². The molecule has 1 fully saturated rings. The molecule has 0 N–H and O–H groups in total. The minimum absolute atomic E-state index is 0.296. The molecule has 0 bridgehead atoms. The SMILES string of the molecule is C=CC1CCC(c2ccc(C#CC#N)c(F)c2)CC1. The molecule has 1 aliphatic rings. The van der Waals surface area contributed by atoms with Crippen molar-refractivity contribution in [3.8, 4) is 17.9 Å². The fourth-order valence-electron chi connectivity index (χ4n) is 2.67. The van der Waals surface area contributed by atoms with Crippen LogP contribution in [0.25, 0.3) is 0 Å². The first kappa shape index (κ1) is 13.4. The molecule has 0 radical (unpaired) electrons. The van der Waals surface area contributed by atoms with E-state index in [4.69, 9.17) is 5.26 Å². The van der Waals surface area contributed by atoms with Crippen LogP contribution < -0.4 is 0 Å². The first-order valence-electron chi connectivity index (χ1n) is 6.56. The highest BCUT2D eigenvalue weighted by Gasteiger charge is 2.21. The van der Waals surface area contributed by atoms with Crippen molar-refractivity contribution in [2.75, 3.05) is 0 Å². The third-order valence-corrected chi connectivity index (χ3v) is 3.82. The van der Waals surface area contributed by atoms with Crippen LogP contribution in [0.4, 0.5) is 4.39 Å². The third-order valence-electron chi connectivity index (χ3n) is 3.82. The highest BCUT2D eigenvalue weighted by molar-refractivity contribution is 5.41. The Morgan fingerprint density at radius 3 is 2.58 bits per heavy atom. The molecule has 2 heteroatoms. The minimum atomic E-state index is -0.328. The first-order chi connectivity index (χ1) is 9.24. The molecule has 0 spiro atoms. The Kier molecular flexibility index (Phi) is 4.37. The number of hydrogen-bond donors (Lipinski definition) is 0. The summed E-state index contributed by atoms with van der Waals surface area (Å²) in [6.45, 7) is 3.83. The molecule has 96 valence electrons. The second kappa shape index (κ2) is 6.21. The highest BCUT2D eigenvalue weighted by atomic mass is 19.1. The van der Waals surface area contributed by atoms with Gasteiger partial charge >= 0.3 is 0 Å². The summed E-state index contributed by atoms with van der Waals surface area (Å²) in [4.78, 5) is 0. The lowest BCUT2D eigenvalue weighted by atomic mass is 9.78. The average Bonchev–Trinajstić information content (AvgIpc) is 2.46. The number of hydrogen-bond acceptors (Lipinski definition) is 1. The van der Waals surface area contributed by atoms with Gasteiger partial charge in [0, 0.05) is 5.92 Å². The molecular weight excluding hydrogens is 237 g/mol. The fraction of sp³-hybridized carbons (Fsp3) is 0.353. The lowest BCUT2D eigenvalue weighted by Crippen LogP contribution is -2.11. The summed E-state index contributed by atoms with van der Waals surface area (Å²) >= 11 is 0. The number of nitrogens with zero attached hydrogens (tertiary/aromatic N) is 1. The molecule has 0 atom stereocenters. The van der Waals surface area contributed by atoms with Crippen molar-refractivity contribution in [3.05, 3.63) is 47.8 Å². The molecule has 0 aromatic heterocycles. The van der Waals surface area contributed by atoms with Crippen LogP contribution in [0, 0.1) is 34.9 Å². The lowest BCUT2D eigenvalue weighted by Gasteiger charge is -2.27. The Balaban J connectivity index is 2.13. The standard InChI is InChI=1S/C17H16FN/c1-2-13-5-7-14(8-6-13)16-10-9-15(4-3-11-19)17(18)12-16/h2,9-10,12-14H,1,5-8H2. The zero-order chi connectivity index (χ0) is 13.7. The van der Waals surface area contributed by atoms with E-state index in [9.17, 15) is 4.39 Å².